The summed E-state index contributed by atoms with van der Waals surface area (Å²) in [6.45, 7) is 0. The van der Waals surface area contributed by atoms with E-state index in [2.05, 4.69) is 113 Å². The summed E-state index contributed by atoms with van der Waals surface area (Å²) in [7, 11) is 0. The lowest BCUT2D eigenvalue weighted by atomic mass is 9.97. The van der Waals surface area contributed by atoms with Gasteiger partial charge in [-0.1, -0.05) is 78.9 Å². The molecule has 0 atom stereocenters. The number of thiophene rings is 1. The molecule has 0 unspecified atom stereocenters. The number of benzene rings is 5. The molecule has 0 aliphatic carbocycles. The van der Waals surface area contributed by atoms with Crippen molar-refractivity contribution in [3.05, 3.63) is 122 Å². The molecule has 0 saturated heterocycles. The molecule has 4 aromatic heterocycles. The van der Waals surface area contributed by atoms with Crippen LogP contribution in [0.4, 0.5) is 0 Å². The molecule has 0 amide bonds. The van der Waals surface area contributed by atoms with Crippen LogP contribution in [0.3, 0.4) is 0 Å². The monoisotopic (exact) mass is 516 g/mol. The Bertz CT molecular complexity index is 2390. The van der Waals surface area contributed by atoms with Gasteiger partial charge in [0.2, 0.25) is 0 Å². The van der Waals surface area contributed by atoms with Gasteiger partial charge in [0.05, 0.1) is 21.4 Å². The van der Waals surface area contributed by atoms with Gasteiger partial charge >= 0.3 is 0 Å². The van der Waals surface area contributed by atoms with Gasteiger partial charge in [-0.25, -0.2) is 0 Å². The summed E-state index contributed by atoms with van der Waals surface area (Å²) in [5.74, 6) is 0. The average Bonchev–Trinajstić information content (AvgIpc) is 3.66. The van der Waals surface area contributed by atoms with Gasteiger partial charge in [-0.2, -0.15) is 0 Å². The quantitative estimate of drug-likeness (QED) is 0.229. The van der Waals surface area contributed by atoms with Crippen LogP contribution in [0.1, 0.15) is 0 Å². The van der Waals surface area contributed by atoms with Crippen molar-refractivity contribution in [1.82, 2.24) is 9.55 Å². The third kappa shape index (κ3) is 2.84. The first-order chi connectivity index (χ1) is 19.4. The van der Waals surface area contributed by atoms with E-state index in [-0.39, 0.29) is 0 Å². The molecule has 0 bridgehead atoms. The second-order valence-corrected chi connectivity index (χ2v) is 11.0. The Hall–Kier alpha value is -4.93. The Labute approximate surface area is 227 Å². The van der Waals surface area contributed by atoms with Crippen LogP contribution in [0.5, 0.6) is 0 Å². The van der Waals surface area contributed by atoms with Crippen molar-refractivity contribution in [3.8, 4) is 16.8 Å². The van der Waals surface area contributed by atoms with Crippen LogP contribution in [-0.4, -0.2) is 9.55 Å². The molecule has 4 heteroatoms. The highest BCUT2D eigenvalue weighted by molar-refractivity contribution is 7.26. The molecule has 5 aromatic carbocycles. The van der Waals surface area contributed by atoms with E-state index >= 15 is 0 Å². The van der Waals surface area contributed by atoms with Crippen molar-refractivity contribution >= 4 is 75.3 Å². The fraction of sp³-hybridized carbons (Fsp3) is 0. The molecule has 0 spiro atoms. The fourth-order valence-corrected chi connectivity index (χ4v) is 7.50. The molecule has 4 heterocycles. The molecule has 9 aromatic rings. The summed E-state index contributed by atoms with van der Waals surface area (Å²) in [5.41, 5.74) is 7.60. The van der Waals surface area contributed by atoms with Gasteiger partial charge in [0.1, 0.15) is 11.2 Å². The first kappa shape index (κ1) is 21.1. The van der Waals surface area contributed by atoms with Crippen molar-refractivity contribution in [3.63, 3.8) is 0 Å². The van der Waals surface area contributed by atoms with E-state index < -0.39 is 0 Å². The SMILES string of the molecule is c1cncc(-c2cccc3oc4cc(-n5c6ccccc6c6sc7ccccc7c65)c5ccccc5c4c23)c1. The highest BCUT2D eigenvalue weighted by Crippen LogP contribution is 2.46. The number of rotatable bonds is 2. The lowest BCUT2D eigenvalue weighted by Gasteiger charge is -2.13. The highest BCUT2D eigenvalue weighted by atomic mass is 32.1. The zero-order valence-electron chi connectivity index (χ0n) is 20.8. The van der Waals surface area contributed by atoms with E-state index in [0.717, 1.165) is 38.8 Å². The Morgan fingerprint density at radius 2 is 1.44 bits per heavy atom. The number of hydrogen-bond donors (Lipinski definition) is 0. The van der Waals surface area contributed by atoms with E-state index in [1.807, 2.05) is 29.8 Å². The van der Waals surface area contributed by atoms with Crippen molar-refractivity contribution < 1.29 is 4.42 Å². The van der Waals surface area contributed by atoms with Crippen LogP contribution >= 0.6 is 11.3 Å². The number of hydrogen-bond acceptors (Lipinski definition) is 3. The predicted molar refractivity (Wildman–Crippen MR) is 164 cm³/mol. The van der Waals surface area contributed by atoms with Gasteiger partial charge in [0.15, 0.2) is 0 Å². The van der Waals surface area contributed by atoms with Crippen molar-refractivity contribution in [1.29, 1.82) is 0 Å². The third-order valence-corrected chi connectivity index (χ3v) is 9.07. The summed E-state index contributed by atoms with van der Waals surface area (Å²) >= 11 is 1.87. The lowest BCUT2D eigenvalue weighted by molar-refractivity contribution is 0.669. The second kappa shape index (κ2) is 7.79. The standard InChI is InChI=1S/C35H20N2OS/c1-2-11-24-23(10-1)28(19-30-33(24)32-22(14-7-16-29(32)38-30)21-9-8-18-36-20-21)37-27-15-5-3-12-25(27)35-34(37)26-13-4-6-17-31(26)39-35/h1-20H. The van der Waals surface area contributed by atoms with Crippen LogP contribution in [-0.2, 0) is 0 Å². The maximum atomic E-state index is 6.62. The maximum absolute atomic E-state index is 6.62. The van der Waals surface area contributed by atoms with Crippen LogP contribution in [0.2, 0.25) is 0 Å². The summed E-state index contributed by atoms with van der Waals surface area (Å²) in [5, 5.41) is 7.22. The summed E-state index contributed by atoms with van der Waals surface area (Å²) in [6.07, 6.45) is 3.74. The maximum Gasteiger partial charge on any atom is 0.138 e. The van der Waals surface area contributed by atoms with E-state index in [1.54, 1.807) is 0 Å². The molecule has 0 aliphatic heterocycles. The minimum atomic E-state index is 0.886. The molecule has 3 nitrogen and oxygen atoms in total. The zero-order valence-corrected chi connectivity index (χ0v) is 21.6. The summed E-state index contributed by atoms with van der Waals surface area (Å²) in [6, 6.07) is 38.8. The van der Waals surface area contributed by atoms with Crippen LogP contribution < -0.4 is 0 Å². The first-order valence-corrected chi connectivity index (χ1v) is 13.9. The Morgan fingerprint density at radius 3 is 2.31 bits per heavy atom. The normalized spacial score (nSPS) is 12.1. The molecule has 0 radical (unpaired) electrons. The minimum absolute atomic E-state index is 0.886. The van der Waals surface area contributed by atoms with E-state index in [9.17, 15) is 0 Å². The molecule has 182 valence electrons. The average molecular weight is 517 g/mol. The predicted octanol–water partition coefficient (Wildman–Crippen LogP) is 10.1. The molecule has 0 N–H and O–H groups in total. The lowest BCUT2D eigenvalue weighted by Crippen LogP contribution is -1.95. The molecule has 39 heavy (non-hydrogen) atoms. The molecular formula is C35H20N2OS. The van der Waals surface area contributed by atoms with Crippen molar-refractivity contribution in [2.75, 3.05) is 0 Å². The number of nitrogens with zero attached hydrogens (tertiary/aromatic N) is 2. The van der Waals surface area contributed by atoms with Gasteiger partial charge in [0, 0.05) is 55.7 Å². The Kier molecular flexibility index (Phi) is 4.21. The summed E-state index contributed by atoms with van der Waals surface area (Å²) < 4.78 is 11.7. The number of fused-ring (bicyclic) bond motifs is 10. The van der Waals surface area contributed by atoms with Crippen LogP contribution in [0, 0.1) is 0 Å². The first-order valence-electron chi connectivity index (χ1n) is 13.1. The summed E-state index contributed by atoms with van der Waals surface area (Å²) in [4.78, 5) is 4.39. The molecule has 0 fully saturated rings. The van der Waals surface area contributed by atoms with Crippen LogP contribution in [0.15, 0.2) is 126 Å². The fourth-order valence-electron chi connectivity index (χ4n) is 6.28. The van der Waals surface area contributed by atoms with Crippen LogP contribution in [0.25, 0.3) is 80.7 Å². The van der Waals surface area contributed by atoms with Gasteiger partial charge in [-0.05, 0) is 35.2 Å². The van der Waals surface area contributed by atoms with E-state index in [0.29, 0.717) is 0 Å². The molecule has 9 rings (SSSR count). The Morgan fingerprint density at radius 1 is 0.641 bits per heavy atom. The highest BCUT2D eigenvalue weighted by Gasteiger charge is 2.22. The second-order valence-electron chi connectivity index (χ2n) is 9.97. The van der Waals surface area contributed by atoms with E-state index in [1.165, 1.54) is 42.0 Å². The largest absolute Gasteiger partial charge is 0.456 e. The topological polar surface area (TPSA) is 31.0 Å². The van der Waals surface area contributed by atoms with Gasteiger partial charge in [0.25, 0.3) is 0 Å². The molecule has 0 aliphatic rings. The zero-order chi connectivity index (χ0) is 25.5. The number of pyridine rings is 1. The van der Waals surface area contributed by atoms with Gasteiger partial charge in [-0.15, -0.1) is 11.3 Å². The van der Waals surface area contributed by atoms with Crippen molar-refractivity contribution in [2.45, 2.75) is 0 Å². The number of furan rings is 1. The minimum Gasteiger partial charge on any atom is -0.456 e. The number of aromatic nitrogens is 2. The Balaban J connectivity index is 1.48. The van der Waals surface area contributed by atoms with Crippen molar-refractivity contribution in [2.24, 2.45) is 0 Å². The van der Waals surface area contributed by atoms with E-state index in [4.69, 9.17) is 4.42 Å². The smallest absolute Gasteiger partial charge is 0.138 e. The molecular weight excluding hydrogens is 496 g/mol. The third-order valence-electron chi connectivity index (χ3n) is 7.88. The van der Waals surface area contributed by atoms with Gasteiger partial charge < -0.3 is 8.98 Å². The molecule has 0 saturated carbocycles. The van der Waals surface area contributed by atoms with Gasteiger partial charge in [-0.3, -0.25) is 4.98 Å². The number of para-hydroxylation sites is 1.